The van der Waals surface area contributed by atoms with E-state index in [4.69, 9.17) is 9.47 Å². The van der Waals surface area contributed by atoms with E-state index in [0.29, 0.717) is 22.7 Å². The molecule has 4 rings (SSSR count). The molecule has 0 unspecified atom stereocenters. The largest absolute Gasteiger partial charge is 0.484 e. The Hall–Kier alpha value is -3.80. The minimum Gasteiger partial charge on any atom is -0.484 e. The topological polar surface area (TPSA) is 76.7 Å². The van der Waals surface area contributed by atoms with Gasteiger partial charge >= 0.3 is 0 Å². The number of anilines is 1. The van der Waals surface area contributed by atoms with Gasteiger partial charge in [-0.3, -0.25) is 9.59 Å². The molecule has 1 aliphatic rings. The summed E-state index contributed by atoms with van der Waals surface area (Å²) in [7, 11) is 0. The lowest BCUT2D eigenvalue weighted by Gasteiger charge is -2.22. The molecule has 33 heavy (non-hydrogen) atoms. The van der Waals surface area contributed by atoms with Crippen LogP contribution in [0.5, 0.6) is 17.2 Å². The minimum absolute atomic E-state index is 0.0640. The van der Waals surface area contributed by atoms with Crippen molar-refractivity contribution >= 4 is 17.5 Å². The molecular formula is C27H28N2O4. The third kappa shape index (κ3) is 6.84. The minimum atomic E-state index is -0.272. The molecule has 6 heteroatoms. The van der Waals surface area contributed by atoms with Crippen LogP contribution >= 0.6 is 0 Å². The van der Waals surface area contributed by atoms with Gasteiger partial charge in [0.1, 0.15) is 17.2 Å². The van der Waals surface area contributed by atoms with Crippen molar-refractivity contribution in [3.63, 3.8) is 0 Å². The number of carbonyl (C=O) groups excluding carboxylic acids is 2. The summed E-state index contributed by atoms with van der Waals surface area (Å²) in [4.78, 5) is 24.6. The number of nitrogens with one attached hydrogen (secondary N) is 2. The SMILES string of the molecule is O=C(COc1ccc(C(=O)NC2CCCCC2)cc1)Nc1ccc(Oc2ccccc2)cc1. The smallest absolute Gasteiger partial charge is 0.262 e. The number of ether oxygens (including phenoxy) is 2. The normalized spacial score (nSPS) is 13.7. The number of hydrogen-bond donors (Lipinski definition) is 2. The standard InChI is InChI=1S/C27H28N2O4/c30-26(28-22-13-17-25(18-14-22)33-24-9-5-2-6-10-24)19-32-23-15-11-20(12-16-23)27(31)29-21-7-3-1-4-8-21/h2,5-6,9-18,21H,1,3-4,7-8,19H2,(H,28,30)(H,29,31). The van der Waals surface area contributed by atoms with E-state index in [1.165, 1.54) is 19.3 Å². The number of carbonyl (C=O) groups is 2. The maximum absolute atomic E-state index is 12.4. The number of rotatable bonds is 8. The molecule has 170 valence electrons. The van der Waals surface area contributed by atoms with Crippen molar-refractivity contribution in [2.45, 2.75) is 38.1 Å². The van der Waals surface area contributed by atoms with Gasteiger partial charge < -0.3 is 20.1 Å². The first kappa shape index (κ1) is 22.4. The molecule has 1 saturated carbocycles. The second kappa shape index (κ2) is 11.2. The maximum atomic E-state index is 12.4. The average molecular weight is 445 g/mol. The first-order chi connectivity index (χ1) is 16.2. The molecule has 0 radical (unpaired) electrons. The Morgan fingerprint density at radius 2 is 1.39 bits per heavy atom. The van der Waals surface area contributed by atoms with Crippen LogP contribution in [0.1, 0.15) is 42.5 Å². The van der Waals surface area contributed by atoms with Crippen LogP contribution in [-0.2, 0) is 4.79 Å². The van der Waals surface area contributed by atoms with Crippen LogP contribution in [0.15, 0.2) is 78.9 Å². The van der Waals surface area contributed by atoms with Gasteiger partial charge in [0, 0.05) is 17.3 Å². The number of para-hydroxylation sites is 1. The summed E-state index contributed by atoms with van der Waals surface area (Å²) in [5.74, 6) is 1.63. The molecule has 0 aromatic heterocycles. The maximum Gasteiger partial charge on any atom is 0.262 e. The van der Waals surface area contributed by atoms with E-state index in [-0.39, 0.29) is 24.5 Å². The molecule has 1 aliphatic carbocycles. The summed E-state index contributed by atoms with van der Waals surface area (Å²) in [6.07, 6.45) is 5.69. The fourth-order valence-corrected chi connectivity index (χ4v) is 3.80. The lowest BCUT2D eigenvalue weighted by molar-refractivity contribution is -0.118. The molecule has 3 aromatic rings. The summed E-state index contributed by atoms with van der Waals surface area (Å²) in [5, 5.41) is 5.89. The van der Waals surface area contributed by atoms with Crippen molar-refractivity contribution in [1.29, 1.82) is 0 Å². The zero-order chi connectivity index (χ0) is 22.9. The molecule has 0 aliphatic heterocycles. The van der Waals surface area contributed by atoms with E-state index in [1.54, 1.807) is 48.5 Å². The van der Waals surface area contributed by atoms with Crippen molar-refractivity contribution in [2.75, 3.05) is 11.9 Å². The van der Waals surface area contributed by atoms with Crippen molar-refractivity contribution in [2.24, 2.45) is 0 Å². The third-order valence-corrected chi connectivity index (χ3v) is 5.54. The summed E-state index contributed by atoms with van der Waals surface area (Å²) >= 11 is 0. The molecule has 0 spiro atoms. The van der Waals surface area contributed by atoms with Gasteiger partial charge in [-0.15, -0.1) is 0 Å². The van der Waals surface area contributed by atoms with Gasteiger partial charge in [-0.1, -0.05) is 37.5 Å². The van der Waals surface area contributed by atoms with Crippen molar-refractivity contribution in [1.82, 2.24) is 5.32 Å². The molecule has 1 fully saturated rings. The van der Waals surface area contributed by atoms with Crippen LogP contribution in [-0.4, -0.2) is 24.5 Å². The zero-order valence-electron chi connectivity index (χ0n) is 18.5. The monoisotopic (exact) mass is 444 g/mol. The van der Waals surface area contributed by atoms with Crippen LogP contribution in [0.2, 0.25) is 0 Å². The quantitative estimate of drug-likeness (QED) is 0.477. The molecule has 0 heterocycles. The summed E-state index contributed by atoms with van der Waals surface area (Å²) < 4.78 is 11.3. The second-order valence-corrected chi connectivity index (χ2v) is 8.11. The Morgan fingerprint density at radius 3 is 2.09 bits per heavy atom. The van der Waals surface area contributed by atoms with Crippen molar-refractivity contribution < 1.29 is 19.1 Å². The second-order valence-electron chi connectivity index (χ2n) is 8.11. The van der Waals surface area contributed by atoms with Gasteiger partial charge in [0.05, 0.1) is 0 Å². The number of hydrogen-bond acceptors (Lipinski definition) is 4. The average Bonchev–Trinajstić information content (AvgIpc) is 2.85. The predicted octanol–water partition coefficient (Wildman–Crippen LogP) is 5.56. The van der Waals surface area contributed by atoms with Gasteiger partial charge in [0.15, 0.2) is 6.61 Å². The van der Waals surface area contributed by atoms with E-state index in [2.05, 4.69) is 10.6 Å². The highest BCUT2D eigenvalue weighted by Gasteiger charge is 2.16. The predicted molar refractivity (Wildman–Crippen MR) is 128 cm³/mol. The summed E-state index contributed by atoms with van der Waals surface area (Å²) in [6, 6.07) is 23.7. The first-order valence-electron chi connectivity index (χ1n) is 11.3. The lowest BCUT2D eigenvalue weighted by Crippen LogP contribution is -2.36. The third-order valence-electron chi connectivity index (χ3n) is 5.54. The fraction of sp³-hybridized carbons (Fsp3) is 0.259. The molecule has 0 saturated heterocycles. The molecule has 3 aromatic carbocycles. The van der Waals surface area contributed by atoms with E-state index in [0.717, 1.165) is 18.6 Å². The lowest BCUT2D eigenvalue weighted by atomic mass is 9.95. The zero-order valence-corrected chi connectivity index (χ0v) is 18.5. The highest BCUT2D eigenvalue weighted by molar-refractivity contribution is 5.94. The molecule has 2 N–H and O–H groups in total. The Kier molecular flexibility index (Phi) is 7.59. The van der Waals surface area contributed by atoms with Gasteiger partial charge in [0.25, 0.3) is 11.8 Å². The van der Waals surface area contributed by atoms with Gasteiger partial charge in [0.2, 0.25) is 0 Å². The Balaban J connectivity index is 1.22. The molecule has 0 atom stereocenters. The van der Waals surface area contributed by atoms with E-state index in [1.807, 2.05) is 30.3 Å². The van der Waals surface area contributed by atoms with Crippen LogP contribution in [0, 0.1) is 0 Å². The Labute approximate surface area is 193 Å². The molecule has 2 amide bonds. The Bertz CT molecular complexity index is 1040. The van der Waals surface area contributed by atoms with Crippen LogP contribution in [0.25, 0.3) is 0 Å². The van der Waals surface area contributed by atoms with Gasteiger partial charge in [-0.2, -0.15) is 0 Å². The van der Waals surface area contributed by atoms with Crippen LogP contribution in [0.4, 0.5) is 5.69 Å². The summed E-state index contributed by atoms with van der Waals surface area (Å²) in [5.41, 5.74) is 1.24. The summed E-state index contributed by atoms with van der Waals surface area (Å²) in [6.45, 7) is -0.129. The van der Waals surface area contributed by atoms with E-state index >= 15 is 0 Å². The molecular weight excluding hydrogens is 416 g/mol. The van der Waals surface area contributed by atoms with E-state index < -0.39 is 0 Å². The van der Waals surface area contributed by atoms with Gasteiger partial charge in [-0.05, 0) is 73.5 Å². The number of benzene rings is 3. The van der Waals surface area contributed by atoms with Crippen molar-refractivity contribution in [3.05, 3.63) is 84.4 Å². The first-order valence-corrected chi connectivity index (χ1v) is 11.3. The van der Waals surface area contributed by atoms with Crippen LogP contribution < -0.4 is 20.1 Å². The number of amides is 2. The highest BCUT2D eigenvalue weighted by Crippen LogP contribution is 2.23. The van der Waals surface area contributed by atoms with Crippen molar-refractivity contribution in [3.8, 4) is 17.2 Å². The highest BCUT2D eigenvalue weighted by atomic mass is 16.5. The van der Waals surface area contributed by atoms with E-state index in [9.17, 15) is 9.59 Å². The van der Waals surface area contributed by atoms with Gasteiger partial charge in [-0.25, -0.2) is 0 Å². The molecule has 6 nitrogen and oxygen atoms in total. The fourth-order valence-electron chi connectivity index (χ4n) is 3.80. The Morgan fingerprint density at radius 1 is 0.758 bits per heavy atom. The van der Waals surface area contributed by atoms with Crippen LogP contribution in [0.3, 0.4) is 0 Å². The molecule has 0 bridgehead atoms.